The Balaban J connectivity index is 1.90. The van der Waals surface area contributed by atoms with E-state index in [9.17, 15) is 4.79 Å². The summed E-state index contributed by atoms with van der Waals surface area (Å²) in [5.41, 5.74) is 1.62. The van der Waals surface area contributed by atoms with E-state index in [0.717, 1.165) is 5.56 Å². The van der Waals surface area contributed by atoms with Crippen LogP contribution < -0.4 is 15.9 Å². The van der Waals surface area contributed by atoms with Crippen LogP contribution in [0.4, 0.5) is 4.79 Å². The fourth-order valence-corrected chi connectivity index (χ4v) is 7.17. The Bertz CT molecular complexity index is 1150. The number of benzene rings is 4. The second kappa shape index (κ2) is 11.3. The number of alkyl carbamates (subject to hydrolysis) is 1. The highest BCUT2D eigenvalue weighted by molar-refractivity contribution is 7.73. The number of rotatable bonds is 7. The van der Waals surface area contributed by atoms with Gasteiger partial charge < -0.3 is 10.1 Å². The van der Waals surface area contributed by atoms with Crippen molar-refractivity contribution < 1.29 is 9.53 Å². The Morgan fingerprint density at radius 2 is 1.06 bits per heavy atom. The maximum Gasteiger partial charge on any atom is 0.408 e. The summed E-state index contributed by atoms with van der Waals surface area (Å²) in [6.45, 7) is 5.67. The van der Waals surface area contributed by atoms with Crippen LogP contribution in [-0.2, 0) is 4.74 Å². The first-order valence-electron chi connectivity index (χ1n) is 11.9. The third-order valence-electron chi connectivity index (χ3n) is 5.63. The van der Waals surface area contributed by atoms with Gasteiger partial charge >= 0.3 is 6.09 Å². The molecule has 4 heteroatoms. The van der Waals surface area contributed by atoms with Crippen LogP contribution in [0.2, 0.25) is 0 Å². The van der Waals surface area contributed by atoms with Gasteiger partial charge in [-0.15, -0.1) is 0 Å². The number of carbonyl (C=O) groups excluding carboxylic acids is 1. The number of hydrogen-bond acceptors (Lipinski definition) is 2. The third kappa shape index (κ3) is 6.59. The standard InChI is InChI=1S/C31H32NO2P/c1-31(2,3)34-30(33)32-28(24-16-8-4-9-17-24)29(25-18-10-5-11-19-25)35(26-20-12-6-13-21-26)27-22-14-7-15-23-27/h4-23,28-29H,1-3H3,(H,32,33)/t28-,29-/m0/s1. The average molecular weight is 482 g/mol. The minimum absolute atomic E-state index is 0.0223. The molecule has 4 aromatic carbocycles. The molecule has 178 valence electrons. The van der Waals surface area contributed by atoms with Gasteiger partial charge in [0.25, 0.3) is 0 Å². The molecule has 3 nitrogen and oxygen atoms in total. The van der Waals surface area contributed by atoms with Crippen molar-refractivity contribution in [3.8, 4) is 0 Å². The molecule has 4 rings (SSSR count). The normalized spacial score (nSPS) is 13.1. The summed E-state index contributed by atoms with van der Waals surface area (Å²) < 4.78 is 5.72. The molecule has 0 unspecified atom stereocenters. The van der Waals surface area contributed by atoms with Crippen molar-refractivity contribution in [2.75, 3.05) is 0 Å². The van der Waals surface area contributed by atoms with Gasteiger partial charge in [-0.3, -0.25) is 0 Å². The van der Waals surface area contributed by atoms with E-state index in [0.29, 0.717) is 0 Å². The lowest BCUT2D eigenvalue weighted by molar-refractivity contribution is 0.0502. The molecule has 35 heavy (non-hydrogen) atoms. The van der Waals surface area contributed by atoms with Gasteiger partial charge in [0.15, 0.2) is 0 Å². The maximum absolute atomic E-state index is 13.1. The first kappa shape index (κ1) is 24.7. The molecule has 0 aliphatic heterocycles. The van der Waals surface area contributed by atoms with Crippen molar-refractivity contribution in [2.24, 2.45) is 0 Å². The minimum atomic E-state index is -0.888. The van der Waals surface area contributed by atoms with E-state index < -0.39 is 19.6 Å². The Morgan fingerprint density at radius 3 is 1.49 bits per heavy atom. The van der Waals surface area contributed by atoms with Crippen molar-refractivity contribution in [2.45, 2.75) is 38.1 Å². The summed E-state index contributed by atoms with van der Waals surface area (Å²) in [7, 11) is -0.888. The van der Waals surface area contributed by atoms with E-state index in [4.69, 9.17) is 4.74 Å². The highest BCUT2D eigenvalue weighted by Crippen LogP contribution is 2.55. The Morgan fingerprint density at radius 1 is 0.657 bits per heavy atom. The van der Waals surface area contributed by atoms with E-state index >= 15 is 0 Å². The van der Waals surface area contributed by atoms with Crippen molar-refractivity contribution in [1.82, 2.24) is 5.32 Å². The number of amides is 1. The van der Waals surface area contributed by atoms with Crippen molar-refractivity contribution >= 4 is 24.6 Å². The monoisotopic (exact) mass is 481 g/mol. The molecule has 0 saturated heterocycles. The van der Waals surface area contributed by atoms with Crippen LogP contribution in [0.3, 0.4) is 0 Å². The highest BCUT2D eigenvalue weighted by Gasteiger charge is 2.35. The predicted molar refractivity (Wildman–Crippen MR) is 147 cm³/mol. The zero-order valence-electron chi connectivity index (χ0n) is 20.5. The number of carbonyl (C=O) groups is 1. The molecule has 0 fully saturated rings. The molecule has 2 atom stereocenters. The van der Waals surface area contributed by atoms with Crippen LogP contribution in [-0.4, -0.2) is 11.7 Å². The fraction of sp³-hybridized carbons (Fsp3) is 0.194. The SMILES string of the molecule is CC(C)(C)OC(=O)N[C@@H](c1ccccc1)[C@H](c1ccccc1)P(c1ccccc1)c1ccccc1. The Labute approximate surface area is 209 Å². The van der Waals surface area contributed by atoms with Crippen LogP contribution >= 0.6 is 7.92 Å². The second-order valence-corrected chi connectivity index (χ2v) is 11.8. The molecule has 0 saturated carbocycles. The van der Waals surface area contributed by atoms with Crippen LogP contribution in [0.15, 0.2) is 121 Å². The number of ether oxygens (including phenoxy) is 1. The second-order valence-electron chi connectivity index (χ2n) is 9.43. The molecule has 1 amide bonds. The lowest BCUT2D eigenvalue weighted by Gasteiger charge is -2.36. The highest BCUT2D eigenvalue weighted by atomic mass is 31.1. The van der Waals surface area contributed by atoms with Gasteiger partial charge in [0.2, 0.25) is 0 Å². The molecule has 0 heterocycles. The third-order valence-corrected chi connectivity index (χ3v) is 8.50. The maximum atomic E-state index is 13.1. The molecule has 0 aromatic heterocycles. The molecule has 4 aromatic rings. The number of nitrogens with one attached hydrogen (secondary N) is 1. The van der Waals surface area contributed by atoms with Crippen molar-refractivity contribution in [3.05, 3.63) is 132 Å². The van der Waals surface area contributed by atoms with Crippen molar-refractivity contribution in [3.63, 3.8) is 0 Å². The van der Waals surface area contributed by atoms with Gasteiger partial charge in [0.1, 0.15) is 5.60 Å². The van der Waals surface area contributed by atoms with E-state index in [1.807, 2.05) is 57.2 Å². The van der Waals surface area contributed by atoms with E-state index in [1.54, 1.807) is 0 Å². The fourth-order valence-electron chi connectivity index (χ4n) is 4.23. The van der Waals surface area contributed by atoms with Gasteiger partial charge in [-0.05, 0) is 50.4 Å². The summed E-state index contributed by atoms with van der Waals surface area (Å²) in [4.78, 5) is 13.1. The predicted octanol–water partition coefficient (Wildman–Crippen LogP) is 7.13. The first-order chi connectivity index (χ1) is 16.9. The average Bonchev–Trinajstić information content (AvgIpc) is 2.87. The molecule has 0 bridgehead atoms. The van der Waals surface area contributed by atoms with Crippen molar-refractivity contribution in [1.29, 1.82) is 0 Å². The zero-order chi connectivity index (χ0) is 24.7. The van der Waals surface area contributed by atoms with Crippen LogP contribution in [0.1, 0.15) is 43.6 Å². The topological polar surface area (TPSA) is 38.3 Å². The Hall–Kier alpha value is -3.42. The summed E-state index contributed by atoms with van der Waals surface area (Å²) in [6, 6.07) is 41.7. The van der Waals surface area contributed by atoms with E-state index in [2.05, 4.69) is 90.2 Å². The molecule has 1 N–H and O–H groups in total. The largest absolute Gasteiger partial charge is 0.444 e. The summed E-state index contributed by atoms with van der Waals surface area (Å²) in [5, 5.41) is 5.78. The zero-order valence-corrected chi connectivity index (χ0v) is 21.4. The van der Waals surface area contributed by atoms with Gasteiger partial charge in [-0.25, -0.2) is 4.79 Å². The lowest BCUT2D eigenvalue weighted by Crippen LogP contribution is -2.38. The molecule has 0 spiro atoms. The van der Waals surface area contributed by atoms with E-state index in [1.165, 1.54) is 16.2 Å². The Kier molecular flexibility index (Phi) is 8.00. The lowest BCUT2D eigenvalue weighted by atomic mass is 9.98. The van der Waals surface area contributed by atoms with Crippen LogP contribution in [0.5, 0.6) is 0 Å². The summed E-state index contributed by atoms with van der Waals surface area (Å²) >= 11 is 0. The quantitative estimate of drug-likeness (QED) is 0.285. The van der Waals surface area contributed by atoms with Gasteiger partial charge in [-0.2, -0.15) is 0 Å². The van der Waals surface area contributed by atoms with Crippen LogP contribution in [0, 0.1) is 0 Å². The van der Waals surface area contributed by atoms with Gasteiger partial charge in [0.05, 0.1) is 6.04 Å². The molecule has 0 aliphatic carbocycles. The smallest absolute Gasteiger partial charge is 0.408 e. The van der Waals surface area contributed by atoms with Gasteiger partial charge in [0, 0.05) is 5.66 Å². The summed E-state index contributed by atoms with van der Waals surface area (Å²) in [5.74, 6) is 0. The minimum Gasteiger partial charge on any atom is -0.444 e. The molecular weight excluding hydrogens is 449 g/mol. The molecular formula is C31H32NO2P. The molecule has 0 aliphatic rings. The number of hydrogen-bond donors (Lipinski definition) is 1. The van der Waals surface area contributed by atoms with E-state index in [-0.39, 0.29) is 11.7 Å². The van der Waals surface area contributed by atoms with Crippen LogP contribution in [0.25, 0.3) is 0 Å². The van der Waals surface area contributed by atoms with Gasteiger partial charge in [-0.1, -0.05) is 121 Å². The summed E-state index contributed by atoms with van der Waals surface area (Å²) in [6.07, 6.45) is -0.414. The molecule has 0 radical (unpaired) electrons. The first-order valence-corrected chi connectivity index (χ1v) is 13.3.